The van der Waals surface area contributed by atoms with Gasteiger partial charge in [-0.3, -0.25) is 0 Å². The third-order valence-corrected chi connectivity index (χ3v) is 2.59. The molecule has 0 aliphatic heterocycles. The summed E-state index contributed by atoms with van der Waals surface area (Å²) in [5, 5.41) is 28.4. The van der Waals surface area contributed by atoms with Crippen LogP contribution < -0.4 is 0 Å². The zero-order chi connectivity index (χ0) is 13.0. The number of aliphatic hydroxyl groups is 3. The Morgan fingerprint density at radius 2 is 2.06 bits per heavy atom. The van der Waals surface area contributed by atoms with E-state index >= 15 is 0 Å². The molecule has 0 saturated heterocycles. The zero-order valence-corrected chi connectivity index (χ0v) is 9.75. The molecule has 2 unspecified atom stereocenters. The summed E-state index contributed by atoms with van der Waals surface area (Å²) in [4.78, 5) is 11.1. The Morgan fingerprint density at radius 1 is 1.41 bits per heavy atom. The number of methoxy groups -OCH3 is 1. The highest BCUT2D eigenvalue weighted by Crippen LogP contribution is 2.23. The molecule has 5 heteroatoms. The van der Waals surface area contributed by atoms with E-state index in [-0.39, 0.29) is 6.61 Å². The van der Waals surface area contributed by atoms with Gasteiger partial charge in [-0.25, -0.2) is 4.79 Å². The Hall–Kier alpha value is -1.43. The van der Waals surface area contributed by atoms with Gasteiger partial charge in [0.2, 0.25) is 0 Å². The van der Waals surface area contributed by atoms with E-state index in [0.29, 0.717) is 11.1 Å². The number of carbonyl (C=O) groups is 1. The lowest BCUT2D eigenvalue weighted by atomic mass is 9.97. The standard InChI is InChI=1S/C12H16O5/c1-7-3-4-8(6-13)5-9(7)10(14)11(15)12(16)17-2/h3-5,10-11,13-15H,6H2,1-2H3. The van der Waals surface area contributed by atoms with Crippen molar-refractivity contribution in [3.8, 4) is 0 Å². The van der Waals surface area contributed by atoms with Gasteiger partial charge < -0.3 is 20.1 Å². The van der Waals surface area contributed by atoms with Crippen LogP contribution in [-0.2, 0) is 16.1 Å². The summed E-state index contributed by atoms with van der Waals surface area (Å²) < 4.78 is 4.35. The van der Waals surface area contributed by atoms with Crippen molar-refractivity contribution in [1.82, 2.24) is 0 Å². The molecule has 0 saturated carbocycles. The number of carbonyl (C=O) groups excluding carboxylic acids is 1. The minimum Gasteiger partial charge on any atom is -0.467 e. The smallest absolute Gasteiger partial charge is 0.337 e. The van der Waals surface area contributed by atoms with Crippen LogP contribution in [-0.4, -0.2) is 34.5 Å². The van der Waals surface area contributed by atoms with Crippen molar-refractivity contribution in [2.75, 3.05) is 7.11 Å². The van der Waals surface area contributed by atoms with E-state index in [1.807, 2.05) is 0 Å². The highest BCUT2D eigenvalue weighted by molar-refractivity contribution is 5.75. The molecule has 0 aliphatic carbocycles. The molecular formula is C12H16O5. The topological polar surface area (TPSA) is 87.0 Å². The first-order valence-corrected chi connectivity index (χ1v) is 5.15. The van der Waals surface area contributed by atoms with Crippen molar-refractivity contribution in [3.63, 3.8) is 0 Å². The predicted octanol–water partition coefficient (Wildman–Crippen LogP) is 0.0546. The molecule has 17 heavy (non-hydrogen) atoms. The Labute approximate surface area is 99.3 Å². The number of aryl methyl sites for hydroxylation is 1. The predicted molar refractivity (Wildman–Crippen MR) is 60.1 cm³/mol. The van der Waals surface area contributed by atoms with Gasteiger partial charge in [-0.05, 0) is 23.6 Å². The van der Waals surface area contributed by atoms with Crippen molar-refractivity contribution < 1.29 is 24.9 Å². The second-order valence-electron chi connectivity index (χ2n) is 3.76. The molecular weight excluding hydrogens is 224 g/mol. The second-order valence-corrected chi connectivity index (χ2v) is 3.76. The van der Waals surface area contributed by atoms with E-state index in [9.17, 15) is 15.0 Å². The molecule has 1 aromatic rings. The molecule has 0 amide bonds. The molecule has 0 spiro atoms. The fourth-order valence-electron chi connectivity index (χ4n) is 1.53. The number of aliphatic hydroxyl groups excluding tert-OH is 3. The van der Waals surface area contributed by atoms with Gasteiger partial charge in [-0.2, -0.15) is 0 Å². The van der Waals surface area contributed by atoms with Crippen LogP contribution in [0.25, 0.3) is 0 Å². The van der Waals surface area contributed by atoms with Crippen molar-refractivity contribution in [3.05, 3.63) is 34.9 Å². The van der Waals surface area contributed by atoms with E-state index in [0.717, 1.165) is 12.7 Å². The lowest BCUT2D eigenvalue weighted by Crippen LogP contribution is -2.29. The lowest BCUT2D eigenvalue weighted by molar-refractivity contribution is -0.156. The number of hydrogen-bond acceptors (Lipinski definition) is 5. The van der Waals surface area contributed by atoms with Gasteiger partial charge in [0.15, 0.2) is 6.10 Å². The van der Waals surface area contributed by atoms with Gasteiger partial charge in [0, 0.05) is 0 Å². The fourth-order valence-corrected chi connectivity index (χ4v) is 1.53. The number of benzene rings is 1. The number of ether oxygens (including phenoxy) is 1. The lowest BCUT2D eigenvalue weighted by Gasteiger charge is -2.18. The summed E-state index contributed by atoms with van der Waals surface area (Å²) in [7, 11) is 1.13. The third-order valence-electron chi connectivity index (χ3n) is 2.59. The Bertz CT molecular complexity index is 402. The molecule has 0 heterocycles. The van der Waals surface area contributed by atoms with Crippen LogP contribution in [0.2, 0.25) is 0 Å². The zero-order valence-electron chi connectivity index (χ0n) is 9.75. The Morgan fingerprint density at radius 3 is 2.59 bits per heavy atom. The summed E-state index contributed by atoms with van der Waals surface area (Å²) in [6, 6.07) is 4.95. The molecule has 2 atom stereocenters. The second kappa shape index (κ2) is 5.77. The van der Waals surface area contributed by atoms with E-state index < -0.39 is 18.2 Å². The molecule has 5 nitrogen and oxygen atoms in total. The van der Waals surface area contributed by atoms with Gasteiger partial charge in [0.25, 0.3) is 0 Å². The molecule has 0 bridgehead atoms. The van der Waals surface area contributed by atoms with Crippen molar-refractivity contribution >= 4 is 5.97 Å². The van der Waals surface area contributed by atoms with Crippen molar-refractivity contribution in [1.29, 1.82) is 0 Å². The summed E-state index contributed by atoms with van der Waals surface area (Å²) in [6.45, 7) is 1.57. The maximum absolute atomic E-state index is 11.1. The van der Waals surface area contributed by atoms with Gasteiger partial charge in [0.05, 0.1) is 13.7 Å². The van der Waals surface area contributed by atoms with E-state index in [1.165, 1.54) is 0 Å². The molecule has 1 aromatic carbocycles. The monoisotopic (exact) mass is 240 g/mol. The average Bonchev–Trinajstić information content (AvgIpc) is 2.36. The first-order valence-electron chi connectivity index (χ1n) is 5.15. The van der Waals surface area contributed by atoms with Crippen LogP contribution in [0.1, 0.15) is 22.8 Å². The van der Waals surface area contributed by atoms with Crippen LogP contribution in [0.5, 0.6) is 0 Å². The minimum absolute atomic E-state index is 0.172. The summed E-state index contributed by atoms with van der Waals surface area (Å²) in [6.07, 6.45) is -3.00. The van der Waals surface area contributed by atoms with E-state index in [1.54, 1.807) is 25.1 Å². The van der Waals surface area contributed by atoms with Crippen LogP contribution in [0.3, 0.4) is 0 Å². The van der Waals surface area contributed by atoms with Crippen LogP contribution in [0.15, 0.2) is 18.2 Å². The van der Waals surface area contributed by atoms with Crippen molar-refractivity contribution in [2.24, 2.45) is 0 Å². The maximum Gasteiger partial charge on any atom is 0.337 e. The van der Waals surface area contributed by atoms with Gasteiger partial charge >= 0.3 is 5.97 Å². The minimum atomic E-state index is -1.63. The molecule has 94 valence electrons. The molecule has 0 aliphatic rings. The first kappa shape index (κ1) is 13.6. The van der Waals surface area contributed by atoms with Crippen LogP contribution in [0, 0.1) is 6.92 Å². The largest absolute Gasteiger partial charge is 0.467 e. The normalized spacial score (nSPS) is 14.2. The summed E-state index contributed by atoms with van der Waals surface area (Å²) >= 11 is 0. The Kier molecular flexibility index (Phi) is 4.62. The Balaban J connectivity index is 3.02. The van der Waals surface area contributed by atoms with Gasteiger partial charge in [-0.15, -0.1) is 0 Å². The number of hydrogen-bond donors (Lipinski definition) is 3. The SMILES string of the molecule is COC(=O)C(O)C(O)c1cc(CO)ccc1C. The molecule has 0 aromatic heterocycles. The molecule has 1 rings (SSSR count). The van der Waals surface area contributed by atoms with Crippen molar-refractivity contribution in [2.45, 2.75) is 25.7 Å². The first-order chi connectivity index (χ1) is 8.01. The molecule has 0 radical (unpaired) electrons. The maximum atomic E-state index is 11.1. The average molecular weight is 240 g/mol. The molecule has 0 fully saturated rings. The quantitative estimate of drug-likeness (QED) is 0.647. The summed E-state index contributed by atoms with van der Waals surface area (Å²) in [5.41, 5.74) is 1.72. The fraction of sp³-hybridized carbons (Fsp3) is 0.417. The van der Waals surface area contributed by atoms with Crippen LogP contribution >= 0.6 is 0 Å². The van der Waals surface area contributed by atoms with E-state index in [2.05, 4.69) is 4.74 Å². The highest BCUT2D eigenvalue weighted by atomic mass is 16.5. The number of rotatable bonds is 4. The van der Waals surface area contributed by atoms with Gasteiger partial charge in [-0.1, -0.05) is 18.2 Å². The highest BCUT2D eigenvalue weighted by Gasteiger charge is 2.27. The third kappa shape index (κ3) is 3.03. The number of esters is 1. The summed E-state index contributed by atoms with van der Waals surface area (Å²) in [5.74, 6) is -0.897. The van der Waals surface area contributed by atoms with Crippen LogP contribution in [0.4, 0.5) is 0 Å². The van der Waals surface area contributed by atoms with E-state index in [4.69, 9.17) is 5.11 Å². The van der Waals surface area contributed by atoms with Gasteiger partial charge in [0.1, 0.15) is 6.10 Å². The molecule has 3 N–H and O–H groups in total.